The highest BCUT2D eigenvalue weighted by molar-refractivity contribution is 5.81. The van der Waals surface area contributed by atoms with Gasteiger partial charge in [-0.05, 0) is 24.3 Å². The summed E-state index contributed by atoms with van der Waals surface area (Å²) < 4.78 is 16.9. The highest BCUT2D eigenvalue weighted by Crippen LogP contribution is 2.40. The van der Waals surface area contributed by atoms with Crippen LogP contribution < -0.4 is 9.47 Å². The molecule has 0 saturated heterocycles. The highest BCUT2D eigenvalue weighted by Gasteiger charge is 2.42. The van der Waals surface area contributed by atoms with Gasteiger partial charge in [-0.1, -0.05) is 38.1 Å². The molecule has 0 amide bonds. The van der Waals surface area contributed by atoms with E-state index in [4.69, 9.17) is 14.2 Å². The van der Waals surface area contributed by atoms with Gasteiger partial charge in [0.1, 0.15) is 11.5 Å². The van der Waals surface area contributed by atoms with Gasteiger partial charge in [-0.25, -0.2) is 0 Å². The molecule has 1 heterocycles. The van der Waals surface area contributed by atoms with Crippen molar-refractivity contribution in [2.24, 2.45) is 10.9 Å². The Kier molecular flexibility index (Phi) is 4.47. The van der Waals surface area contributed by atoms with E-state index in [1.165, 1.54) is 0 Å². The normalized spacial score (nSPS) is 15.8. The van der Waals surface area contributed by atoms with E-state index in [0.717, 1.165) is 28.5 Å². The summed E-state index contributed by atoms with van der Waals surface area (Å²) in [7, 11) is 3.33. The fourth-order valence-electron chi connectivity index (χ4n) is 2.92. The molecule has 4 heteroatoms. The third-order valence-electron chi connectivity index (χ3n) is 4.34. The van der Waals surface area contributed by atoms with Gasteiger partial charge in [0, 0.05) is 17.0 Å². The van der Waals surface area contributed by atoms with Gasteiger partial charge in [0.25, 0.3) is 0 Å². The first-order valence-electron chi connectivity index (χ1n) is 8.11. The molecule has 0 spiro atoms. The fourth-order valence-corrected chi connectivity index (χ4v) is 2.92. The molecule has 3 rings (SSSR count). The molecule has 24 heavy (non-hydrogen) atoms. The van der Waals surface area contributed by atoms with Crippen LogP contribution in [-0.2, 0) is 10.3 Å². The fraction of sp³-hybridized carbons (Fsp3) is 0.350. The zero-order valence-electron chi connectivity index (χ0n) is 14.6. The van der Waals surface area contributed by atoms with Crippen LogP contribution in [0.2, 0.25) is 0 Å². The van der Waals surface area contributed by atoms with E-state index < -0.39 is 5.60 Å². The Morgan fingerprint density at radius 2 is 1.33 bits per heavy atom. The van der Waals surface area contributed by atoms with Crippen LogP contribution in [-0.4, -0.2) is 26.7 Å². The molecule has 0 atom stereocenters. The first-order valence-corrected chi connectivity index (χ1v) is 8.11. The molecule has 0 aliphatic carbocycles. The van der Waals surface area contributed by atoms with Crippen LogP contribution in [0.4, 0.5) is 0 Å². The Bertz CT molecular complexity index is 670. The van der Waals surface area contributed by atoms with Crippen LogP contribution in [0.5, 0.6) is 11.5 Å². The topological polar surface area (TPSA) is 40.0 Å². The molecule has 0 radical (unpaired) electrons. The summed E-state index contributed by atoms with van der Waals surface area (Å²) in [6, 6.07) is 16.0. The zero-order valence-corrected chi connectivity index (χ0v) is 14.6. The number of hydrogen-bond acceptors (Lipinski definition) is 4. The summed E-state index contributed by atoms with van der Waals surface area (Å²) in [5.41, 5.74) is 1.53. The number of rotatable bonds is 5. The van der Waals surface area contributed by atoms with Gasteiger partial charge in [0.2, 0.25) is 0 Å². The Hall–Kier alpha value is -2.49. The number of methoxy groups -OCH3 is 2. The second kappa shape index (κ2) is 6.56. The summed E-state index contributed by atoms with van der Waals surface area (Å²) in [6.45, 7) is 4.76. The number of aliphatic imine (C=N–C) groups is 1. The molecule has 2 aromatic rings. The van der Waals surface area contributed by atoms with Crippen molar-refractivity contribution in [2.45, 2.75) is 19.4 Å². The van der Waals surface area contributed by atoms with Gasteiger partial charge in [-0.2, -0.15) is 0 Å². The van der Waals surface area contributed by atoms with Crippen molar-refractivity contribution in [2.75, 3.05) is 20.8 Å². The monoisotopic (exact) mass is 325 g/mol. The molecule has 1 aliphatic heterocycles. The van der Waals surface area contributed by atoms with Crippen molar-refractivity contribution in [3.8, 4) is 11.5 Å². The van der Waals surface area contributed by atoms with Crippen LogP contribution >= 0.6 is 0 Å². The minimum atomic E-state index is -0.599. The molecule has 0 unspecified atom stereocenters. The maximum atomic E-state index is 6.40. The smallest absolute Gasteiger partial charge is 0.187 e. The molecule has 0 N–H and O–H groups in total. The molecule has 0 fully saturated rings. The van der Waals surface area contributed by atoms with E-state index in [-0.39, 0.29) is 5.92 Å². The van der Waals surface area contributed by atoms with Crippen molar-refractivity contribution in [3.63, 3.8) is 0 Å². The maximum absolute atomic E-state index is 6.40. The molecule has 1 aliphatic rings. The second-order valence-electron chi connectivity index (χ2n) is 6.20. The minimum absolute atomic E-state index is 0.253. The molecule has 0 bridgehead atoms. The quantitative estimate of drug-likeness (QED) is 0.833. The third-order valence-corrected chi connectivity index (χ3v) is 4.34. The van der Waals surface area contributed by atoms with Gasteiger partial charge < -0.3 is 14.2 Å². The highest BCUT2D eigenvalue weighted by atomic mass is 16.5. The van der Waals surface area contributed by atoms with E-state index in [0.29, 0.717) is 6.54 Å². The predicted octanol–water partition coefficient (Wildman–Crippen LogP) is 4.03. The van der Waals surface area contributed by atoms with Crippen molar-refractivity contribution >= 4 is 5.90 Å². The number of benzene rings is 2. The Balaban J connectivity index is 2.04. The van der Waals surface area contributed by atoms with Crippen LogP contribution in [0.15, 0.2) is 53.5 Å². The number of ether oxygens (including phenoxy) is 3. The zero-order chi connectivity index (χ0) is 17.2. The first kappa shape index (κ1) is 16.4. The largest absolute Gasteiger partial charge is 0.497 e. The number of nitrogens with zero attached hydrogens (tertiary/aromatic N) is 1. The summed E-state index contributed by atoms with van der Waals surface area (Å²) in [5.74, 6) is 2.70. The van der Waals surface area contributed by atoms with E-state index in [2.05, 4.69) is 18.8 Å². The van der Waals surface area contributed by atoms with Crippen LogP contribution in [0.25, 0.3) is 0 Å². The Labute approximate surface area is 143 Å². The van der Waals surface area contributed by atoms with Crippen molar-refractivity contribution in [3.05, 3.63) is 59.7 Å². The molecular weight excluding hydrogens is 302 g/mol. The molecule has 0 saturated carbocycles. The lowest BCUT2D eigenvalue weighted by atomic mass is 9.86. The third kappa shape index (κ3) is 2.84. The van der Waals surface area contributed by atoms with Crippen molar-refractivity contribution in [1.82, 2.24) is 0 Å². The second-order valence-corrected chi connectivity index (χ2v) is 6.20. The average Bonchev–Trinajstić information content (AvgIpc) is 3.09. The van der Waals surface area contributed by atoms with Crippen LogP contribution in [0.3, 0.4) is 0 Å². The predicted molar refractivity (Wildman–Crippen MR) is 95.0 cm³/mol. The summed E-state index contributed by atoms with van der Waals surface area (Å²) in [4.78, 5) is 4.66. The molecule has 4 nitrogen and oxygen atoms in total. The lowest BCUT2D eigenvalue weighted by molar-refractivity contribution is 0.124. The van der Waals surface area contributed by atoms with Gasteiger partial charge >= 0.3 is 0 Å². The summed E-state index contributed by atoms with van der Waals surface area (Å²) >= 11 is 0. The van der Waals surface area contributed by atoms with Crippen LogP contribution in [0, 0.1) is 5.92 Å². The van der Waals surface area contributed by atoms with Gasteiger partial charge in [-0.3, -0.25) is 4.99 Å². The summed E-state index contributed by atoms with van der Waals surface area (Å²) in [6.07, 6.45) is 0. The molecule has 126 valence electrons. The van der Waals surface area contributed by atoms with E-state index >= 15 is 0 Å². The van der Waals surface area contributed by atoms with E-state index in [1.54, 1.807) is 14.2 Å². The van der Waals surface area contributed by atoms with Gasteiger partial charge in [0.05, 0.1) is 20.8 Å². The van der Waals surface area contributed by atoms with Crippen LogP contribution in [0.1, 0.15) is 25.0 Å². The Morgan fingerprint density at radius 3 is 1.67 bits per heavy atom. The summed E-state index contributed by atoms with van der Waals surface area (Å²) in [5, 5.41) is 0. The van der Waals surface area contributed by atoms with Crippen molar-refractivity contribution in [1.29, 1.82) is 0 Å². The lowest BCUT2D eigenvalue weighted by Gasteiger charge is -2.30. The SMILES string of the molecule is COc1ccc(C2(c3ccc(OC)cc3)CN=C(C(C)C)O2)cc1. The molecule has 2 aromatic carbocycles. The van der Waals surface area contributed by atoms with E-state index in [1.807, 2.05) is 48.5 Å². The molecular formula is C20H23NO3. The first-order chi connectivity index (χ1) is 11.6. The Morgan fingerprint density at radius 1 is 0.875 bits per heavy atom. The molecule has 0 aromatic heterocycles. The standard InChI is InChI=1S/C20H23NO3/c1-14(2)19-21-13-20(24-19,15-5-9-17(22-3)10-6-15)16-7-11-18(23-4)12-8-16/h5-12,14H,13H2,1-4H3. The number of hydrogen-bond donors (Lipinski definition) is 0. The maximum Gasteiger partial charge on any atom is 0.187 e. The van der Waals surface area contributed by atoms with E-state index in [9.17, 15) is 0 Å². The van der Waals surface area contributed by atoms with Gasteiger partial charge in [-0.15, -0.1) is 0 Å². The average molecular weight is 325 g/mol. The van der Waals surface area contributed by atoms with Crippen molar-refractivity contribution < 1.29 is 14.2 Å². The minimum Gasteiger partial charge on any atom is -0.497 e. The van der Waals surface area contributed by atoms with Gasteiger partial charge in [0.15, 0.2) is 11.5 Å². The lowest BCUT2D eigenvalue weighted by Crippen LogP contribution is -2.32.